The zero-order valence-electron chi connectivity index (χ0n) is 24.9. The Labute approximate surface area is 265 Å². The van der Waals surface area contributed by atoms with Crippen molar-refractivity contribution >= 4 is 11.7 Å². The number of carbonyl (C=O) groups excluding carboxylic acids is 1. The first-order chi connectivity index (χ1) is 22.4. The summed E-state index contributed by atoms with van der Waals surface area (Å²) in [6.45, 7) is 0. The summed E-state index contributed by atoms with van der Waals surface area (Å²) >= 11 is 0. The zero-order valence-corrected chi connectivity index (χ0v) is 24.9. The molecule has 1 aromatic heterocycles. The van der Waals surface area contributed by atoms with Crippen LogP contribution in [0.2, 0.25) is 0 Å². The molecule has 1 saturated heterocycles. The molecule has 1 fully saturated rings. The number of ether oxygens (including phenoxy) is 2. The minimum atomic E-state index is -1.61. The largest absolute Gasteiger partial charge is 0.496 e. The molecular weight excluding hydrogens is 586 g/mol. The van der Waals surface area contributed by atoms with Crippen LogP contribution in [-0.4, -0.2) is 62.3 Å². The smallest absolute Gasteiger partial charge is 0.351 e. The van der Waals surface area contributed by atoms with Gasteiger partial charge < -0.3 is 30.1 Å². The molecule has 0 saturated carbocycles. The molecule has 5 aromatic rings. The summed E-state index contributed by atoms with van der Waals surface area (Å²) in [5, 5.41) is 37.7. The highest BCUT2D eigenvalue weighted by molar-refractivity contribution is 6.03. The molecule has 4 N–H and O–H groups in total. The van der Waals surface area contributed by atoms with Gasteiger partial charge in [0.15, 0.2) is 6.23 Å². The topological polar surface area (TPSA) is 143 Å². The fourth-order valence-corrected chi connectivity index (χ4v) is 6.23. The van der Waals surface area contributed by atoms with Crippen LogP contribution < -0.4 is 15.7 Å². The summed E-state index contributed by atoms with van der Waals surface area (Å²) < 4.78 is 13.0. The predicted molar refractivity (Wildman–Crippen MR) is 171 cm³/mol. The number of benzene rings is 4. The minimum absolute atomic E-state index is 0.00284. The highest BCUT2D eigenvalue weighted by Gasteiger charge is 2.56. The fraction of sp³-hybridized carbons (Fsp3) is 0.194. The molecule has 46 heavy (non-hydrogen) atoms. The number of hydrogen-bond acceptors (Lipinski definition) is 8. The van der Waals surface area contributed by atoms with Gasteiger partial charge in [0.05, 0.1) is 12.5 Å². The number of nitrogens with one attached hydrogen (secondary N) is 1. The highest BCUT2D eigenvalue weighted by Crippen LogP contribution is 2.49. The Morgan fingerprint density at radius 1 is 0.848 bits per heavy atom. The Morgan fingerprint density at radius 3 is 2.00 bits per heavy atom. The molecule has 0 bridgehead atoms. The molecule has 0 radical (unpaired) electrons. The molecule has 5 atom stereocenters. The maximum Gasteiger partial charge on any atom is 0.351 e. The van der Waals surface area contributed by atoms with E-state index in [-0.39, 0.29) is 5.82 Å². The van der Waals surface area contributed by atoms with E-state index in [1.807, 2.05) is 78.9 Å². The van der Waals surface area contributed by atoms with Gasteiger partial charge in [-0.05, 0) is 35.4 Å². The van der Waals surface area contributed by atoms with Crippen molar-refractivity contribution in [3.63, 3.8) is 0 Å². The third-order valence-corrected chi connectivity index (χ3v) is 8.40. The number of aliphatic hydroxyl groups is 3. The number of para-hydroxylation sites is 1. The number of amides is 1. The van der Waals surface area contributed by atoms with Gasteiger partial charge in [0.25, 0.3) is 5.91 Å². The van der Waals surface area contributed by atoms with E-state index in [4.69, 9.17) is 9.47 Å². The van der Waals surface area contributed by atoms with Crippen LogP contribution in [0.1, 0.15) is 33.3 Å². The molecule has 10 heteroatoms. The lowest BCUT2D eigenvalue weighted by Gasteiger charge is -2.43. The average Bonchev–Trinajstić information content (AvgIpc) is 3.39. The predicted octanol–water partition coefficient (Wildman–Crippen LogP) is 3.52. The third kappa shape index (κ3) is 5.48. The second kappa shape index (κ2) is 13.1. The molecular formula is C36H33N3O7. The van der Waals surface area contributed by atoms with Crippen molar-refractivity contribution in [2.24, 2.45) is 0 Å². The number of aliphatic hydroxyl groups excluding tert-OH is 3. The first kappa shape index (κ1) is 30.9. The van der Waals surface area contributed by atoms with Gasteiger partial charge in [-0.25, -0.2) is 4.79 Å². The molecule has 0 aliphatic carbocycles. The summed E-state index contributed by atoms with van der Waals surface area (Å²) in [5.41, 5.74) is 0.171. The fourth-order valence-electron chi connectivity index (χ4n) is 6.23. The first-order valence-corrected chi connectivity index (χ1v) is 14.8. The lowest BCUT2D eigenvalue weighted by atomic mass is 9.63. The van der Waals surface area contributed by atoms with E-state index >= 15 is 0 Å². The van der Waals surface area contributed by atoms with E-state index < -0.39 is 47.7 Å². The molecule has 1 unspecified atom stereocenters. The Bertz CT molecular complexity index is 1810. The number of aromatic nitrogens is 2. The van der Waals surface area contributed by atoms with Crippen molar-refractivity contribution in [2.45, 2.75) is 36.1 Å². The van der Waals surface area contributed by atoms with Gasteiger partial charge in [0.1, 0.15) is 36.0 Å². The van der Waals surface area contributed by atoms with Crippen molar-refractivity contribution in [3.05, 3.63) is 160 Å². The van der Waals surface area contributed by atoms with Crippen LogP contribution in [-0.2, 0) is 10.2 Å². The van der Waals surface area contributed by atoms with Gasteiger partial charge in [-0.15, -0.1) is 0 Å². The van der Waals surface area contributed by atoms with Gasteiger partial charge in [0.2, 0.25) is 0 Å². The Balaban J connectivity index is 1.39. The van der Waals surface area contributed by atoms with E-state index in [1.54, 1.807) is 36.4 Å². The molecule has 6 rings (SSSR count). The van der Waals surface area contributed by atoms with Crippen LogP contribution in [0, 0.1) is 0 Å². The second-order valence-electron chi connectivity index (χ2n) is 11.0. The molecule has 2 heterocycles. The Hall–Kier alpha value is -5.13. The van der Waals surface area contributed by atoms with E-state index in [1.165, 1.54) is 19.4 Å². The number of nitrogens with zero attached hydrogens (tertiary/aromatic N) is 2. The minimum Gasteiger partial charge on any atom is -0.496 e. The van der Waals surface area contributed by atoms with Crippen molar-refractivity contribution in [1.82, 2.24) is 9.55 Å². The van der Waals surface area contributed by atoms with Gasteiger partial charge in [0, 0.05) is 17.3 Å². The van der Waals surface area contributed by atoms with Crippen LogP contribution in [0.25, 0.3) is 0 Å². The van der Waals surface area contributed by atoms with Crippen LogP contribution in [0.3, 0.4) is 0 Å². The van der Waals surface area contributed by atoms with Gasteiger partial charge in [-0.3, -0.25) is 9.36 Å². The van der Waals surface area contributed by atoms with Crippen molar-refractivity contribution < 1.29 is 29.6 Å². The quantitative estimate of drug-likeness (QED) is 0.184. The monoisotopic (exact) mass is 619 g/mol. The maximum absolute atomic E-state index is 13.2. The lowest BCUT2D eigenvalue weighted by molar-refractivity contribution is -0.0993. The standard InChI is InChI=1S/C36H33N3O7/c1-45-27-20-12-11-19-26(27)36(24-15-7-3-8-16-24,25-17-9-4-10-18-25)32(42)31-29(40)30(41)34(46-31)39-22-21-28(38-35(39)44)37-33(43)23-13-5-2-6-14-23/h2-22,29-32,34,40-42H,1H3,(H,37,38,43,44)/t29-,30+,31-,32?,34+/m0/s1. The normalized spacial score (nSPS) is 20.2. The van der Waals surface area contributed by atoms with E-state index in [9.17, 15) is 24.9 Å². The van der Waals surface area contributed by atoms with E-state index in [0.29, 0.717) is 28.0 Å². The number of anilines is 1. The number of hydrogen-bond donors (Lipinski definition) is 4. The zero-order chi connectivity index (χ0) is 32.3. The van der Waals surface area contributed by atoms with Crippen LogP contribution in [0.15, 0.2) is 132 Å². The summed E-state index contributed by atoms with van der Waals surface area (Å²) in [6, 6.07) is 35.7. The molecule has 1 aliphatic heterocycles. The summed E-state index contributed by atoms with van der Waals surface area (Å²) in [5.74, 6) is 0.0472. The second-order valence-corrected chi connectivity index (χ2v) is 11.0. The van der Waals surface area contributed by atoms with E-state index in [2.05, 4.69) is 10.3 Å². The van der Waals surface area contributed by atoms with Gasteiger partial charge >= 0.3 is 5.69 Å². The maximum atomic E-state index is 13.2. The summed E-state index contributed by atoms with van der Waals surface area (Å²) in [6.07, 6.45) is -6.18. The van der Waals surface area contributed by atoms with E-state index in [0.717, 1.165) is 4.57 Å². The Kier molecular flexibility index (Phi) is 8.78. The van der Waals surface area contributed by atoms with Crippen molar-refractivity contribution in [2.75, 3.05) is 12.4 Å². The number of rotatable bonds is 9. The SMILES string of the molecule is COc1ccccc1C(c1ccccc1)(c1ccccc1)C(O)[C@H]1O[C@@H](n2ccc(NC(=O)c3ccccc3)nc2=O)[C@H](O)[C@@H]1O. The highest BCUT2D eigenvalue weighted by atomic mass is 16.6. The first-order valence-electron chi connectivity index (χ1n) is 14.8. The van der Waals surface area contributed by atoms with Gasteiger partial charge in [-0.1, -0.05) is 97.1 Å². The molecule has 1 amide bonds. The average molecular weight is 620 g/mol. The molecule has 0 spiro atoms. The lowest BCUT2D eigenvalue weighted by Crippen LogP contribution is -2.52. The molecule has 4 aromatic carbocycles. The summed E-state index contributed by atoms with van der Waals surface area (Å²) in [4.78, 5) is 29.7. The third-order valence-electron chi connectivity index (χ3n) is 8.40. The van der Waals surface area contributed by atoms with Gasteiger partial charge in [-0.2, -0.15) is 4.98 Å². The molecule has 10 nitrogen and oxygen atoms in total. The number of methoxy groups -OCH3 is 1. The van der Waals surface area contributed by atoms with Crippen LogP contribution in [0.5, 0.6) is 5.75 Å². The van der Waals surface area contributed by atoms with Crippen molar-refractivity contribution in [1.29, 1.82) is 0 Å². The number of carbonyl (C=O) groups is 1. The van der Waals surface area contributed by atoms with Crippen LogP contribution >= 0.6 is 0 Å². The van der Waals surface area contributed by atoms with Crippen molar-refractivity contribution in [3.8, 4) is 5.75 Å². The Morgan fingerprint density at radius 2 is 1.41 bits per heavy atom. The molecule has 1 aliphatic rings. The summed E-state index contributed by atoms with van der Waals surface area (Å²) in [7, 11) is 1.54. The van der Waals surface area contributed by atoms with Crippen LogP contribution in [0.4, 0.5) is 5.82 Å². The molecule has 234 valence electrons.